The van der Waals surface area contributed by atoms with Crippen molar-refractivity contribution < 1.29 is 14.6 Å². The van der Waals surface area contributed by atoms with Gasteiger partial charge in [-0.1, -0.05) is 0 Å². The van der Waals surface area contributed by atoms with Crippen LogP contribution in [0.5, 0.6) is 5.75 Å². The average molecular weight is 224 g/mol. The first-order valence-corrected chi connectivity index (χ1v) is 4.91. The Labute approximate surface area is 94.7 Å². The highest BCUT2D eigenvalue weighted by atomic mass is 16.6. The van der Waals surface area contributed by atoms with Crippen LogP contribution in [0, 0.1) is 0 Å². The Balaban J connectivity index is 2.74. The van der Waals surface area contributed by atoms with Gasteiger partial charge in [-0.25, -0.2) is 9.78 Å². The molecule has 1 aromatic rings. The molecule has 0 aliphatic heterocycles. The van der Waals surface area contributed by atoms with E-state index < -0.39 is 11.7 Å². The Morgan fingerprint density at radius 1 is 1.44 bits per heavy atom. The van der Waals surface area contributed by atoms with Gasteiger partial charge in [-0.15, -0.1) is 0 Å². The molecule has 0 aliphatic rings. The number of aromatic hydroxyl groups is 1. The molecule has 0 spiro atoms. The fourth-order valence-corrected chi connectivity index (χ4v) is 1.00. The Bertz CT molecular complexity index is 368. The first-order chi connectivity index (χ1) is 7.29. The third-order valence-electron chi connectivity index (χ3n) is 1.74. The van der Waals surface area contributed by atoms with Crippen molar-refractivity contribution in [2.24, 2.45) is 0 Å². The van der Waals surface area contributed by atoms with Gasteiger partial charge in [0, 0.05) is 7.05 Å². The highest BCUT2D eigenvalue weighted by molar-refractivity contribution is 5.85. The van der Waals surface area contributed by atoms with Gasteiger partial charge < -0.3 is 9.84 Å². The number of anilines is 1. The van der Waals surface area contributed by atoms with Crippen LogP contribution in [-0.4, -0.2) is 28.8 Å². The zero-order chi connectivity index (χ0) is 12.3. The lowest BCUT2D eigenvalue weighted by Gasteiger charge is -2.24. The Kier molecular flexibility index (Phi) is 3.37. The maximum Gasteiger partial charge on any atom is 0.415 e. The monoisotopic (exact) mass is 224 g/mol. The second kappa shape index (κ2) is 4.38. The molecule has 1 N–H and O–H groups in total. The summed E-state index contributed by atoms with van der Waals surface area (Å²) in [6.07, 6.45) is 0.793. The molecule has 1 rings (SSSR count). The third-order valence-corrected chi connectivity index (χ3v) is 1.74. The molecule has 0 atom stereocenters. The smallest absolute Gasteiger partial charge is 0.415 e. The van der Waals surface area contributed by atoms with Crippen LogP contribution in [0.2, 0.25) is 0 Å². The highest BCUT2D eigenvalue weighted by Gasteiger charge is 2.20. The molecule has 0 saturated carbocycles. The lowest BCUT2D eigenvalue weighted by atomic mass is 10.2. The van der Waals surface area contributed by atoms with Crippen LogP contribution in [0.1, 0.15) is 20.8 Å². The van der Waals surface area contributed by atoms with Gasteiger partial charge in [-0.05, 0) is 32.9 Å². The predicted octanol–water partition coefficient (Wildman–Crippen LogP) is 2.16. The van der Waals surface area contributed by atoms with Gasteiger partial charge in [0.05, 0.1) is 6.20 Å². The van der Waals surface area contributed by atoms with E-state index in [1.807, 2.05) is 0 Å². The van der Waals surface area contributed by atoms with Gasteiger partial charge in [0.15, 0.2) is 0 Å². The van der Waals surface area contributed by atoms with Crippen molar-refractivity contribution in [3.8, 4) is 5.75 Å². The molecule has 16 heavy (non-hydrogen) atoms. The summed E-state index contributed by atoms with van der Waals surface area (Å²) in [6.45, 7) is 5.38. The molecule has 1 heterocycles. The van der Waals surface area contributed by atoms with Gasteiger partial charge in [0.25, 0.3) is 0 Å². The molecule has 5 heteroatoms. The van der Waals surface area contributed by atoms with E-state index in [1.165, 1.54) is 17.2 Å². The van der Waals surface area contributed by atoms with Crippen molar-refractivity contribution in [1.82, 2.24) is 4.98 Å². The summed E-state index contributed by atoms with van der Waals surface area (Å²) >= 11 is 0. The molecule has 0 unspecified atom stereocenters. The summed E-state index contributed by atoms with van der Waals surface area (Å²) in [5.41, 5.74) is -0.539. The number of ether oxygens (including phenoxy) is 1. The van der Waals surface area contributed by atoms with Crippen molar-refractivity contribution in [3.63, 3.8) is 0 Å². The summed E-state index contributed by atoms with van der Waals surface area (Å²) in [4.78, 5) is 16.8. The van der Waals surface area contributed by atoms with Crippen molar-refractivity contribution in [2.45, 2.75) is 26.4 Å². The number of rotatable bonds is 1. The molecule has 5 nitrogen and oxygen atoms in total. The first-order valence-electron chi connectivity index (χ1n) is 4.91. The fraction of sp³-hybridized carbons (Fsp3) is 0.455. The van der Waals surface area contributed by atoms with Gasteiger partial charge in [-0.2, -0.15) is 0 Å². The van der Waals surface area contributed by atoms with E-state index in [9.17, 15) is 4.79 Å². The van der Waals surface area contributed by atoms with Crippen LogP contribution in [0.3, 0.4) is 0 Å². The number of amides is 1. The normalized spacial score (nSPS) is 11.0. The van der Waals surface area contributed by atoms with Crippen molar-refractivity contribution >= 4 is 11.9 Å². The molecular formula is C11H16N2O3. The Hall–Kier alpha value is -1.78. The quantitative estimate of drug-likeness (QED) is 0.794. The second-order valence-corrected chi connectivity index (χ2v) is 4.41. The first kappa shape index (κ1) is 12.3. The molecule has 88 valence electrons. The highest BCUT2D eigenvalue weighted by Crippen LogP contribution is 2.16. The molecule has 0 aromatic carbocycles. The molecule has 0 bridgehead atoms. The average Bonchev–Trinajstić information content (AvgIpc) is 2.15. The zero-order valence-corrected chi connectivity index (χ0v) is 9.89. The Morgan fingerprint density at radius 3 is 2.50 bits per heavy atom. The van der Waals surface area contributed by atoms with Gasteiger partial charge in [-0.3, -0.25) is 4.90 Å². The molecule has 0 saturated heterocycles. The molecular weight excluding hydrogens is 208 g/mol. The van der Waals surface area contributed by atoms with Crippen LogP contribution in [0.15, 0.2) is 18.3 Å². The van der Waals surface area contributed by atoms with E-state index in [0.717, 1.165) is 0 Å². The van der Waals surface area contributed by atoms with Gasteiger partial charge in [0.2, 0.25) is 0 Å². The van der Waals surface area contributed by atoms with Crippen LogP contribution in [0.25, 0.3) is 0 Å². The SMILES string of the molecule is CN(C(=O)OC(C)(C)C)c1ccc(O)cn1. The third kappa shape index (κ3) is 3.42. The predicted molar refractivity (Wildman–Crippen MR) is 60.5 cm³/mol. The molecule has 1 aromatic heterocycles. The summed E-state index contributed by atoms with van der Waals surface area (Å²) in [7, 11) is 1.56. The van der Waals surface area contributed by atoms with Crippen LogP contribution < -0.4 is 4.90 Å². The number of carbonyl (C=O) groups excluding carboxylic acids is 1. The minimum atomic E-state index is -0.539. The van der Waals surface area contributed by atoms with Crippen LogP contribution in [0.4, 0.5) is 10.6 Å². The number of carbonyl (C=O) groups is 1. The Morgan fingerprint density at radius 2 is 2.06 bits per heavy atom. The lowest BCUT2D eigenvalue weighted by molar-refractivity contribution is 0.0588. The van der Waals surface area contributed by atoms with E-state index >= 15 is 0 Å². The number of pyridine rings is 1. The molecule has 1 amide bonds. The maximum atomic E-state index is 11.6. The standard InChI is InChI=1S/C11H16N2O3/c1-11(2,3)16-10(15)13(4)9-6-5-8(14)7-12-9/h5-7,14H,1-4H3. The lowest BCUT2D eigenvalue weighted by Crippen LogP contribution is -2.34. The zero-order valence-electron chi connectivity index (χ0n) is 9.89. The van der Waals surface area contributed by atoms with E-state index in [1.54, 1.807) is 33.9 Å². The van der Waals surface area contributed by atoms with E-state index in [2.05, 4.69) is 4.98 Å². The van der Waals surface area contributed by atoms with Gasteiger partial charge >= 0.3 is 6.09 Å². The summed E-state index contributed by atoms with van der Waals surface area (Å²) in [5.74, 6) is 0.480. The second-order valence-electron chi connectivity index (χ2n) is 4.41. The topological polar surface area (TPSA) is 62.7 Å². The van der Waals surface area contributed by atoms with E-state index in [4.69, 9.17) is 9.84 Å². The van der Waals surface area contributed by atoms with Gasteiger partial charge in [0.1, 0.15) is 17.2 Å². The molecule has 0 radical (unpaired) electrons. The summed E-state index contributed by atoms with van der Waals surface area (Å²) in [6, 6.07) is 3.00. The van der Waals surface area contributed by atoms with Crippen LogP contribution in [-0.2, 0) is 4.74 Å². The number of hydrogen-bond donors (Lipinski definition) is 1. The molecule has 0 fully saturated rings. The minimum absolute atomic E-state index is 0.0568. The fourth-order valence-electron chi connectivity index (χ4n) is 1.00. The number of aromatic nitrogens is 1. The maximum absolute atomic E-state index is 11.6. The van der Waals surface area contributed by atoms with Crippen LogP contribution >= 0.6 is 0 Å². The van der Waals surface area contributed by atoms with Crippen molar-refractivity contribution in [1.29, 1.82) is 0 Å². The minimum Gasteiger partial charge on any atom is -0.506 e. The van der Waals surface area contributed by atoms with E-state index in [0.29, 0.717) is 5.82 Å². The largest absolute Gasteiger partial charge is 0.506 e. The van der Waals surface area contributed by atoms with Crippen molar-refractivity contribution in [2.75, 3.05) is 11.9 Å². The van der Waals surface area contributed by atoms with E-state index in [-0.39, 0.29) is 5.75 Å². The van der Waals surface area contributed by atoms with Crippen molar-refractivity contribution in [3.05, 3.63) is 18.3 Å². The number of nitrogens with zero attached hydrogens (tertiary/aromatic N) is 2. The molecule has 0 aliphatic carbocycles. The number of hydrogen-bond acceptors (Lipinski definition) is 4. The summed E-state index contributed by atoms with van der Waals surface area (Å²) < 4.78 is 5.17. The summed E-state index contributed by atoms with van der Waals surface area (Å²) in [5, 5.41) is 9.07.